The lowest BCUT2D eigenvalue weighted by Crippen LogP contribution is -2.00. The molecule has 2 heterocycles. The Hall–Kier alpha value is -4.01. The van der Waals surface area contributed by atoms with E-state index in [0.29, 0.717) is 23.9 Å². The molecule has 0 unspecified atom stereocenters. The predicted octanol–water partition coefficient (Wildman–Crippen LogP) is 6.09. The van der Waals surface area contributed by atoms with Gasteiger partial charge in [0.25, 0.3) is 0 Å². The maximum atomic E-state index is 13.8. The van der Waals surface area contributed by atoms with Crippen LogP contribution in [0.15, 0.2) is 85.2 Å². The summed E-state index contributed by atoms with van der Waals surface area (Å²) in [5.74, 6) is 0.813. The minimum Gasteiger partial charge on any atom is -0.381 e. The predicted molar refractivity (Wildman–Crippen MR) is 135 cm³/mol. The number of hydrogen-bond acceptors (Lipinski definition) is 6. The molecule has 4 aromatic rings. The Labute approximate surface area is 202 Å². The number of pyridine rings is 1. The zero-order valence-corrected chi connectivity index (χ0v) is 19.5. The number of rotatable bonds is 7. The van der Waals surface area contributed by atoms with Crippen molar-refractivity contribution in [2.24, 2.45) is 0 Å². The van der Waals surface area contributed by atoms with E-state index in [1.165, 1.54) is 12.1 Å². The quantitative estimate of drug-likeness (QED) is 0.315. The number of methoxy groups -OCH3 is 1. The van der Waals surface area contributed by atoms with Gasteiger partial charge in [-0.05, 0) is 60.5 Å². The van der Waals surface area contributed by atoms with Crippen molar-refractivity contribution in [3.05, 3.63) is 96.6 Å². The fourth-order valence-corrected chi connectivity index (χ4v) is 3.37. The Morgan fingerprint density at radius 2 is 1.94 bits per heavy atom. The lowest BCUT2D eigenvalue weighted by Gasteiger charge is -2.13. The third kappa shape index (κ3) is 6.99. The molecule has 0 aliphatic rings. The smallest absolute Gasteiger partial charge is 0.185 e. The molecule has 8 heteroatoms. The number of ether oxygens (including phenoxy) is 1. The SMILES string of the molecule is C/C=C\C(=C/COC)c1ccc2nc(-c3cccnc3)nc(Nc3cccc(F)c3)c2c1.OCF. The largest absolute Gasteiger partial charge is 0.381 e. The van der Waals surface area contributed by atoms with Gasteiger partial charge in [-0.25, -0.2) is 18.7 Å². The summed E-state index contributed by atoms with van der Waals surface area (Å²) in [4.78, 5) is 13.7. The van der Waals surface area contributed by atoms with Crippen molar-refractivity contribution in [1.82, 2.24) is 15.0 Å². The summed E-state index contributed by atoms with van der Waals surface area (Å²) in [7, 11) is 1.67. The van der Waals surface area contributed by atoms with E-state index in [-0.39, 0.29) is 5.82 Å². The van der Waals surface area contributed by atoms with E-state index in [4.69, 9.17) is 19.8 Å². The molecule has 0 amide bonds. The van der Waals surface area contributed by atoms with E-state index in [2.05, 4.69) is 10.3 Å². The molecule has 0 atom stereocenters. The number of fused-ring (bicyclic) bond motifs is 1. The van der Waals surface area contributed by atoms with Crippen LogP contribution in [-0.2, 0) is 4.74 Å². The monoisotopic (exact) mass is 476 g/mol. The van der Waals surface area contributed by atoms with Gasteiger partial charge < -0.3 is 15.2 Å². The van der Waals surface area contributed by atoms with Crippen LogP contribution in [0.3, 0.4) is 0 Å². The number of allylic oxidation sites excluding steroid dienone is 3. The normalized spacial score (nSPS) is 11.4. The van der Waals surface area contributed by atoms with Crippen LogP contribution in [0.5, 0.6) is 0 Å². The van der Waals surface area contributed by atoms with Crippen molar-refractivity contribution < 1.29 is 18.6 Å². The fourth-order valence-electron chi connectivity index (χ4n) is 3.37. The Morgan fingerprint density at radius 1 is 1.11 bits per heavy atom. The highest BCUT2D eigenvalue weighted by atomic mass is 19.1. The van der Waals surface area contributed by atoms with Crippen molar-refractivity contribution in [1.29, 1.82) is 0 Å². The van der Waals surface area contributed by atoms with Gasteiger partial charge in [-0.1, -0.05) is 30.4 Å². The number of benzene rings is 2. The van der Waals surface area contributed by atoms with Gasteiger partial charge in [0.15, 0.2) is 12.7 Å². The standard InChI is InChI=1S/C26H23FN4O.CH3FO/c1-3-6-18(12-14-32-2)19-10-11-24-23(15-19)26(29-22-9-4-8-21(27)16-22)31-25(30-24)20-7-5-13-28-17-20;2-1-3/h3-13,15-17H,14H2,1-2H3,(H,29,30,31);3H,1H2/b6-3-,18-12+;. The van der Waals surface area contributed by atoms with Crippen molar-refractivity contribution in [3.63, 3.8) is 0 Å². The highest BCUT2D eigenvalue weighted by Gasteiger charge is 2.12. The van der Waals surface area contributed by atoms with E-state index < -0.39 is 6.86 Å². The molecular formula is C27H26F2N4O2. The average molecular weight is 477 g/mol. The molecule has 4 rings (SSSR count). The van der Waals surface area contributed by atoms with Crippen LogP contribution >= 0.6 is 0 Å². The molecule has 0 bridgehead atoms. The van der Waals surface area contributed by atoms with Crippen molar-refractivity contribution in [3.8, 4) is 11.4 Å². The molecule has 0 aliphatic carbocycles. The number of nitrogens with zero attached hydrogens (tertiary/aromatic N) is 3. The lowest BCUT2D eigenvalue weighted by atomic mass is 10.0. The molecule has 0 radical (unpaired) electrons. The molecule has 2 N–H and O–H groups in total. The summed E-state index contributed by atoms with van der Waals surface area (Å²) in [6.45, 7) is 1.23. The zero-order valence-electron chi connectivity index (χ0n) is 19.5. The minimum atomic E-state index is -1.25. The number of aliphatic hydroxyl groups excluding tert-OH is 1. The summed E-state index contributed by atoms with van der Waals surface area (Å²) in [5.41, 5.74) is 4.22. The van der Waals surface area contributed by atoms with Gasteiger partial charge in [-0.15, -0.1) is 0 Å². The second-order valence-corrected chi connectivity index (χ2v) is 7.24. The summed E-state index contributed by atoms with van der Waals surface area (Å²) < 4.78 is 28.9. The highest BCUT2D eigenvalue weighted by Crippen LogP contribution is 2.30. The molecule has 0 saturated carbocycles. The van der Waals surface area contributed by atoms with Crippen LogP contribution in [0, 0.1) is 5.82 Å². The number of halogens is 2. The molecule has 0 aliphatic heterocycles. The molecule has 2 aromatic heterocycles. The number of anilines is 2. The maximum absolute atomic E-state index is 13.8. The average Bonchev–Trinajstić information content (AvgIpc) is 2.87. The summed E-state index contributed by atoms with van der Waals surface area (Å²) >= 11 is 0. The van der Waals surface area contributed by atoms with Crippen molar-refractivity contribution in [2.45, 2.75) is 6.92 Å². The van der Waals surface area contributed by atoms with Crippen LogP contribution in [0.4, 0.5) is 20.3 Å². The summed E-state index contributed by atoms with van der Waals surface area (Å²) in [5, 5.41) is 11.0. The fraction of sp³-hybridized carbons (Fsp3) is 0.148. The van der Waals surface area contributed by atoms with Crippen molar-refractivity contribution in [2.75, 3.05) is 25.9 Å². The molecule has 0 saturated heterocycles. The van der Waals surface area contributed by atoms with E-state index in [1.807, 2.05) is 55.5 Å². The topological polar surface area (TPSA) is 80.2 Å². The number of hydrogen-bond donors (Lipinski definition) is 2. The maximum Gasteiger partial charge on any atom is 0.185 e. The van der Waals surface area contributed by atoms with Crippen LogP contribution in [-0.4, -0.2) is 40.6 Å². The third-order valence-corrected chi connectivity index (χ3v) is 4.85. The lowest BCUT2D eigenvalue weighted by molar-refractivity contribution is 0.168. The van der Waals surface area contributed by atoms with Gasteiger partial charge in [0.05, 0.1) is 12.1 Å². The Bertz CT molecular complexity index is 1310. The first-order valence-corrected chi connectivity index (χ1v) is 10.8. The van der Waals surface area contributed by atoms with E-state index >= 15 is 0 Å². The number of nitrogens with one attached hydrogen (secondary N) is 1. The van der Waals surface area contributed by atoms with Gasteiger partial charge in [-0.3, -0.25) is 4.98 Å². The Kier molecular flexibility index (Phi) is 9.53. The Morgan fingerprint density at radius 3 is 2.63 bits per heavy atom. The molecule has 2 aromatic carbocycles. The first-order valence-electron chi connectivity index (χ1n) is 10.8. The first-order chi connectivity index (χ1) is 17.1. The van der Waals surface area contributed by atoms with Gasteiger partial charge >= 0.3 is 0 Å². The molecule has 0 spiro atoms. The third-order valence-electron chi connectivity index (χ3n) is 4.85. The first kappa shape index (κ1) is 25.6. The second kappa shape index (κ2) is 13.0. The van der Waals surface area contributed by atoms with Crippen LogP contribution in [0.1, 0.15) is 12.5 Å². The molecular weight excluding hydrogens is 450 g/mol. The molecule has 180 valence electrons. The van der Waals surface area contributed by atoms with Crippen LogP contribution in [0.25, 0.3) is 27.9 Å². The van der Waals surface area contributed by atoms with E-state index in [9.17, 15) is 8.78 Å². The number of aliphatic hydroxyl groups is 1. The van der Waals surface area contributed by atoms with E-state index in [0.717, 1.165) is 27.6 Å². The van der Waals surface area contributed by atoms with E-state index in [1.54, 1.807) is 31.6 Å². The van der Waals surface area contributed by atoms with Crippen molar-refractivity contribution >= 4 is 28.0 Å². The number of alkyl halides is 1. The molecule has 6 nitrogen and oxygen atoms in total. The number of aromatic nitrogens is 3. The van der Waals surface area contributed by atoms with Crippen LogP contribution < -0.4 is 5.32 Å². The zero-order chi connectivity index (χ0) is 25.0. The molecule has 35 heavy (non-hydrogen) atoms. The Balaban J connectivity index is 0.00000108. The molecule has 0 fully saturated rings. The van der Waals surface area contributed by atoms with Gasteiger partial charge in [0.1, 0.15) is 11.6 Å². The van der Waals surface area contributed by atoms with Gasteiger partial charge in [0, 0.05) is 36.1 Å². The minimum absolute atomic E-state index is 0.320. The van der Waals surface area contributed by atoms with Gasteiger partial charge in [0.2, 0.25) is 0 Å². The van der Waals surface area contributed by atoms with Crippen LogP contribution in [0.2, 0.25) is 0 Å². The summed E-state index contributed by atoms with van der Waals surface area (Å²) in [6, 6.07) is 16.1. The van der Waals surface area contributed by atoms with Gasteiger partial charge in [-0.2, -0.15) is 0 Å². The summed E-state index contributed by atoms with van der Waals surface area (Å²) in [6.07, 6.45) is 9.47. The highest BCUT2D eigenvalue weighted by molar-refractivity contribution is 5.95. The second-order valence-electron chi connectivity index (χ2n) is 7.24.